The number of hydrogen-bond donors (Lipinski definition) is 2. The number of nitriles is 1. The van der Waals surface area contributed by atoms with Crippen LogP contribution in [0.25, 0.3) is 0 Å². The number of methoxy groups -OCH3 is 2. The second kappa shape index (κ2) is 7.58. The Morgan fingerprint density at radius 1 is 1.08 bits per heavy atom. The van der Waals surface area contributed by atoms with E-state index in [2.05, 4.69) is 10.6 Å². The minimum Gasteiger partial charge on any atom is -0.493 e. The Morgan fingerprint density at radius 3 is 2.44 bits per heavy atom. The van der Waals surface area contributed by atoms with Crippen LogP contribution in [0.1, 0.15) is 25.0 Å². The highest BCUT2D eigenvalue weighted by molar-refractivity contribution is 5.90. The average molecular weight is 339 g/mol. The molecule has 6 heteroatoms. The molecule has 0 saturated carbocycles. The molecule has 2 aromatic carbocycles. The van der Waals surface area contributed by atoms with Crippen LogP contribution in [-0.2, 0) is 5.54 Å². The molecule has 0 aliphatic carbocycles. The Morgan fingerprint density at radius 2 is 1.80 bits per heavy atom. The van der Waals surface area contributed by atoms with Crippen LogP contribution in [0, 0.1) is 11.3 Å². The second-order valence-corrected chi connectivity index (χ2v) is 5.97. The number of carbonyl (C=O) groups is 1. The van der Waals surface area contributed by atoms with Crippen molar-refractivity contribution in [2.24, 2.45) is 0 Å². The molecule has 0 aliphatic heterocycles. The summed E-state index contributed by atoms with van der Waals surface area (Å²) in [4.78, 5) is 12.3. The molecule has 0 unspecified atom stereocenters. The standard InChI is InChI=1S/C19H21N3O3/c1-19(2,14-8-9-16(24-3)17(11-14)25-4)22-18(23)21-15-7-5-6-13(10-15)12-20/h5-11H,1-4H3,(H2,21,22,23). The van der Waals surface area contributed by atoms with Gasteiger partial charge < -0.3 is 20.1 Å². The first-order valence-electron chi connectivity index (χ1n) is 7.71. The average Bonchev–Trinajstić information content (AvgIpc) is 2.60. The third-order valence-corrected chi connectivity index (χ3v) is 3.78. The zero-order valence-electron chi connectivity index (χ0n) is 14.7. The van der Waals surface area contributed by atoms with Gasteiger partial charge >= 0.3 is 6.03 Å². The third-order valence-electron chi connectivity index (χ3n) is 3.78. The molecule has 130 valence electrons. The quantitative estimate of drug-likeness (QED) is 0.871. The largest absolute Gasteiger partial charge is 0.493 e. The molecule has 0 aliphatic rings. The van der Waals surface area contributed by atoms with Gasteiger partial charge in [-0.15, -0.1) is 0 Å². The van der Waals surface area contributed by atoms with Crippen LogP contribution in [0.5, 0.6) is 11.5 Å². The van der Waals surface area contributed by atoms with Gasteiger partial charge in [0.2, 0.25) is 0 Å². The van der Waals surface area contributed by atoms with Crippen LogP contribution in [0.15, 0.2) is 42.5 Å². The lowest BCUT2D eigenvalue weighted by atomic mass is 9.94. The van der Waals surface area contributed by atoms with E-state index < -0.39 is 5.54 Å². The number of benzene rings is 2. The molecule has 0 heterocycles. The molecule has 2 rings (SSSR count). The van der Waals surface area contributed by atoms with Crippen LogP contribution in [0.3, 0.4) is 0 Å². The summed E-state index contributed by atoms with van der Waals surface area (Å²) >= 11 is 0. The van der Waals surface area contributed by atoms with E-state index in [1.807, 2.05) is 32.0 Å². The number of nitrogens with one attached hydrogen (secondary N) is 2. The van der Waals surface area contributed by atoms with Crippen molar-refractivity contribution < 1.29 is 14.3 Å². The van der Waals surface area contributed by atoms with Gasteiger partial charge in [0.15, 0.2) is 11.5 Å². The summed E-state index contributed by atoms with van der Waals surface area (Å²) in [5.41, 5.74) is 1.26. The van der Waals surface area contributed by atoms with E-state index >= 15 is 0 Å². The van der Waals surface area contributed by atoms with Crippen LogP contribution < -0.4 is 20.1 Å². The van der Waals surface area contributed by atoms with Crippen molar-refractivity contribution in [1.29, 1.82) is 5.26 Å². The summed E-state index contributed by atoms with van der Waals surface area (Å²) in [7, 11) is 3.14. The van der Waals surface area contributed by atoms with Gasteiger partial charge in [0.05, 0.1) is 31.4 Å². The molecule has 0 bridgehead atoms. The fourth-order valence-electron chi connectivity index (χ4n) is 2.41. The molecule has 2 amide bonds. The maximum Gasteiger partial charge on any atom is 0.319 e. The maximum atomic E-state index is 12.3. The Kier molecular flexibility index (Phi) is 5.50. The Balaban J connectivity index is 2.14. The Bertz CT molecular complexity index is 810. The van der Waals surface area contributed by atoms with E-state index in [9.17, 15) is 4.79 Å². The maximum absolute atomic E-state index is 12.3. The predicted molar refractivity (Wildman–Crippen MR) is 95.9 cm³/mol. The second-order valence-electron chi connectivity index (χ2n) is 5.97. The Hall–Kier alpha value is -3.20. The summed E-state index contributed by atoms with van der Waals surface area (Å²) in [6.07, 6.45) is 0. The lowest BCUT2D eigenvalue weighted by Gasteiger charge is -2.27. The molecule has 0 saturated heterocycles. The number of hydrogen-bond acceptors (Lipinski definition) is 4. The topological polar surface area (TPSA) is 83.4 Å². The van der Waals surface area contributed by atoms with Gasteiger partial charge in [-0.2, -0.15) is 5.26 Å². The SMILES string of the molecule is COc1ccc(C(C)(C)NC(=O)Nc2cccc(C#N)c2)cc1OC. The summed E-state index contributed by atoms with van der Waals surface area (Å²) in [6, 6.07) is 13.9. The molecule has 25 heavy (non-hydrogen) atoms. The van der Waals surface area contributed by atoms with Crippen molar-refractivity contribution in [3.05, 3.63) is 53.6 Å². The molecule has 0 spiro atoms. The van der Waals surface area contributed by atoms with E-state index in [4.69, 9.17) is 14.7 Å². The van der Waals surface area contributed by atoms with Crippen molar-refractivity contribution in [3.8, 4) is 17.6 Å². The van der Waals surface area contributed by atoms with Crippen molar-refractivity contribution >= 4 is 11.7 Å². The highest BCUT2D eigenvalue weighted by Crippen LogP contribution is 2.32. The lowest BCUT2D eigenvalue weighted by Crippen LogP contribution is -2.43. The van der Waals surface area contributed by atoms with Crippen molar-refractivity contribution in [3.63, 3.8) is 0 Å². The highest BCUT2D eigenvalue weighted by Gasteiger charge is 2.24. The normalized spacial score (nSPS) is 10.5. The van der Waals surface area contributed by atoms with E-state index in [-0.39, 0.29) is 6.03 Å². The molecular weight excluding hydrogens is 318 g/mol. The Labute approximate surface area is 147 Å². The van der Waals surface area contributed by atoms with E-state index in [0.717, 1.165) is 5.56 Å². The number of urea groups is 1. The zero-order chi connectivity index (χ0) is 18.4. The number of amides is 2. The van der Waals surface area contributed by atoms with Gasteiger partial charge in [-0.05, 0) is 49.7 Å². The van der Waals surface area contributed by atoms with Gasteiger partial charge in [0.1, 0.15) is 0 Å². The molecule has 0 atom stereocenters. The predicted octanol–water partition coefficient (Wildman–Crippen LogP) is 3.63. The summed E-state index contributed by atoms with van der Waals surface area (Å²) in [5, 5.41) is 14.6. The summed E-state index contributed by atoms with van der Waals surface area (Å²) in [6.45, 7) is 3.78. The van der Waals surface area contributed by atoms with Crippen molar-refractivity contribution in [2.75, 3.05) is 19.5 Å². The van der Waals surface area contributed by atoms with E-state index in [1.54, 1.807) is 44.6 Å². The van der Waals surface area contributed by atoms with Crippen LogP contribution in [-0.4, -0.2) is 20.3 Å². The molecule has 2 aromatic rings. The molecule has 0 aromatic heterocycles. The van der Waals surface area contributed by atoms with E-state index in [0.29, 0.717) is 22.7 Å². The fourth-order valence-corrected chi connectivity index (χ4v) is 2.41. The molecule has 0 radical (unpaired) electrons. The lowest BCUT2D eigenvalue weighted by molar-refractivity contribution is 0.241. The molecule has 2 N–H and O–H groups in total. The number of carbonyl (C=O) groups excluding carboxylic acids is 1. The first kappa shape index (κ1) is 18.1. The number of rotatable bonds is 5. The van der Waals surface area contributed by atoms with Gasteiger partial charge in [0.25, 0.3) is 0 Å². The van der Waals surface area contributed by atoms with Gasteiger partial charge in [-0.1, -0.05) is 12.1 Å². The van der Waals surface area contributed by atoms with Gasteiger partial charge in [0, 0.05) is 5.69 Å². The van der Waals surface area contributed by atoms with Crippen molar-refractivity contribution in [1.82, 2.24) is 5.32 Å². The van der Waals surface area contributed by atoms with Crippen LogP contribution >= 0.6 is 0 Å². The van der Waals surface area contributed by atoms with Crippen LogP contribution in [0.4, 0.5) is 10.5 Å². The highest BCUT2D eigenvalue weighted by atomic mass is 16.5. The van der Waals surface area contributed by atoms with Gasteiger partial charge in [-0.25, -0.2) is 4.79 Å². The van der Waals surface area contributed by atoms with E-state index in [1.165, 1.54) is 0 Å². The monoisotopic (exact) mass is 339 g/mol. The zero-order valence-corrected chi connectivity index (χ0v) is 14.7. The summed E-state index contributed by atoms with van der Waals surface area (Å²) in [5.74, 6) is 1.22. The molecule has 0 fully saturated rings. The fraction of sp³-hybridized carbons (Fsp3) is 0.263. The van der Waals surface area contributed by atoms with Gasteiger partial charge in [-0.3, -0.25) is 0 Å². The van der Waals surface area contributed by atoms with Crippen molar-refractivity contribution in [2.45, 2.75) is 19.4 Å². The number of nitrogens with zero attached hydrogens (tertiary/aromatic N) is 1. The minimum absolute atomic E-state index is 0.366. The number of ether oxygens (including phenoxy) is 2. The summed E-state index contributed by atoms with van der Waals surface area (Å²) < 4.78 is 10.5. The third kappa shape index (κ3) is 4.42. The smallest absolute Gasteiger partial charge is 0.319 e. The first-order chi connectivity index (χ1) is 11.9. The number of anilines is 1. The molecular formula is C19H21N3O3. The minimum atomic E-state index is -0.642. The first-order valence-corrected chi connectivity index (χ1v) is 7.71. The van der Waals surface area contributed by atoms with Crippen LogP contribution in [0.2, 0.25) is 0 Å². The molecule has 6 nitrogen and oxygen atoms in total.